The van der Waals surface area contributed by atoms with Crippen LogP contribution in [0.4, 0.5) is 4.79 Å². The van der Waals surface area contributed by atoms with Crippen LogP contribution >= 0.6 is 0 Å². The van der Waals surface area contributed by atoms with Crippen LogP contribution in [-0.2, 0) is 15.1 Å². The molecule has 1 amide bonds. The molecule has 6 nitrogen and oxygen atoms in total. The van der Waals surface area contributed by atoms with Crippen molar-refractivity contribution in [3.05, 3.63) is 42.7 Å². The molecule has 0 saturated heterocycles. The van der Waals surface area contributed by atoms with Crippen LogP contribution in [0.1, 0.15) is 19.0 Å². The second kappa shape index (κ2) is 6.53. The summed E-state index contributed by atoms with van der Waals surface area (Å²) in [6, 6.07) is 5.08. The maximum absolute atomic E-state index is 11.6. The van der Waals surface area contributed by atoms with Gasteiger partial charge in [-0.25, -0.2) is 4.79 Å². The molecule has 1 aromatic heterocycles. The highest BCUT2D eigenvalue weighted by molar-refractivity contribution is 5.73. The quantitative estimate of drug-likeness (QED) is 0.763. The number of rotatable bonds is 6. The van der Waals surface area contributed by atoms with E-state index in [9.17, 15) is 9.59 Å². The third kappa shape index (κ3) is 4.42. The van der Waals surface area contributed by atoms with Crippen LogP contribution in [0.3, 0.4) is 0 Å². The summed E-state index contributed by atoms with van der Waals surface area (Å²) >= 11 is 0. The lowest BCUT2D eigenvalue weighted by Crippen LogP contribution is -2.45. The van der Waals surface area contributed by atoms with Gasteiger partial charge in [-0.1, -0.05) is 18.7 Å². The van der Waals surface area contributed by atoms with E-state index in [-0.39, 0.29) is 13.0 Å². The third-order valence-electron chi connectivity index (χ3n) is 2.45. The molecule has 1 heterocycles. The zero-order chi connectivity index (χ0) is 14.3. The Bertz CT molecular complexity index is 461. The number of hydrogen-bond acceptors (Lipinski definition) is 4. The summed E-state index contributed by atoms with van der Waals surface area (Å²) in [6.45, 7) is 5.06. The molecule has 0 fully saturated rings. The zero-order valence-electron chi connectivity index (χ0n) is 10.6. The molecule has 1 rings (SSSR count). The van der Waals surface area contributed by atoms with Crippen molar-refractivity contribution in [1.82, 2.24) is 10.3 Å². The Labute approximate surface area is 111 Å². The minimum atomic E-state index is -1.13. The van der Waals surface area contributed by atoms with Gasteiger partial charge in [-0.15, -0.1) is 0 Å². The van der Waals surface area contributed by atoms with E-state index >= 15 is 0 Å². The van der Waals surface area contributed by atoms with E-state index in [1.165, 1.54) is 12.3 Å². The first-order valence-electron chi connectivity index (χ1n) is 5.67. The van der Waals surface area contributed by atoms with Crippen molar-refractivity contribution in [1.29, 1.82) is 0 Å². The van der Waals surface area contributed by atoms with Gasteiger partial charge in [-0.3, -0.25) is 9.78 Å². The van der Waals surface area contributed by atoms with Gasteiger partial charge in [-0.05, 0) is 19.1 Å². The van der Waals surface area contributed by atoms with Gasteiger partial charge in [0.2, 0.25) is 0 Å². The fourth-order valence-corrected chi connectivity index (χ4v) is 1.59. The van der Waals surface area contributed by atoms with E-state index in [0.29, 0.717) is 5.69 Å². The molecular weight excluding hydrogens is 248 g/mol. The van der Waals surface area contributed by atoms with Gasteiger partial charge >= 0.3 is 12.1 Å². The third-order valence-corrected chi connectivity index (χ3v) is 2.45. The SMILES string of the molecule is C=CCOC(=O)NC(C)(CC(=O)O)c1ccccn1. The molecule has 1 atom stereocenters. The summed E-state index contributed by atoms with van der Waals surface area (Å²) in [4.78, 5) is 26.6. The Morgan fingerprint density at radius 2 is 2.32 bits per heavy atom. The van der Waals surface area contributed by atoms with Crippen molar-refractivity contribution in [2.24, 2.45) is 0 Å². The second-order valence-electron chi connectivity index (χ2n) is 4.13. The Kier molecular flexibility index (Phi) is 5.05. The number of aliphatic carboxylic acids is 1. The van der Waals surface area contributed by atoms with Crippen LogP contribution < -0.4 is 5.32 Å². The van der Waals surface area contributed by atoms with Gasteiger partial charge in [0, 0.05) is 6.20 Å². The fraction of sp³-hybridized carbons (Fsp3) is 0.308. The van der Waals surface area contributed by atoms with Crippen LogP contribution in [0.25, 0.3) is 0 Å². The molecule has 0 aromatic carbocycles. The predicted molar refractivity (Wildman–Crippen MR) is 68.5 cm³/mol. The van der Waals surface area contributed by atoms with Gasteiger partial charge in [0.15, 0.2) is 0 Å². The molecule has 102 valence electrons. The van der Waals surface area contributed by atoms with Gasteiger partial charge in [-0.2, -0.15) is 0 Å². The zero-order valence-corrected chi connectivity index (χ0v) is 10.6. The number of aromatic nitrogens is 1. The molecule has 1 unspecified atom stereocenters. The smallest absolute Gasteiger partial charge is 0.408 e. The van der Waals surface area contributed by atoms with Crippen LogP contribution in [0, 0.1) is 0 Å². The Hall–Kier alpha value is -2.37. The molecule has 6 heteroatoms. The number of carbonyl (C=O) groups is 2. The number of ether oxygens (including phenoxy) is 1. The standard InChI is InChI=1S/C13H16N2O4/c1-3-8-19-12(18)15-13(2,9-11(16)17)10-6-4-5-7-14-10/h3-7H,1,8-9H2,2H3,(H,15,18)(H,16,17). The minimum absolute atomic E-state index is 0.0528. The monoisotopic (exact) mass is 264 g/mol. The largest absolute Gasteiger partial charge is 0.481 e. The maximum Gasteiger partial charge on any atom is 0.408 e. The Balaban J connectivity index is 2.90. The van der Waals surface area contributed by atoms with Crippen molar-refractivity contribution < 1.29 is 19.4 Å². The molecule has 0 aliphatic heterocycles. The van der Waals surface area contributed by atoms with Crippen molar-refractivity contribution in [2.45, 2.75) is 18.9 Å². The molecule has 1 aromatic rings. The van der Waals surface area contributed by atoms with Crippen LogP contribution in [0.15, 0.2) is 37.1 Å². The van der Waals surface area contributed by atoms with Gasteiger partial charge < -0.3 is 15.2 Å². The fourth-order valence-electron chi connectivity index (χ4n) is 1.59. The highest BCUT2D eigenvalue weighted by atomic mass is 16.5. The van der Waals surface area contributed by atoms with Crippen LogP contribution in [0.2, 0.25) is 0 Å². The number of nitrogens with one attached hydrogen (secondary N) is 1. The van der Waals surface area contributed by atoms with E-state index in [0.717, 1.165) is 0 Å². The highest BCUT2D eigenvalue weighted by Gasteiger charge is 2.33. The van der Waals surface area contributed by atoms with Gasteiger partial charge in [0.25, 0.3) is 0 Å². The van der Waals surface area contributed by atoms with E-state index in [4.69, 9.17) is 9.84 Å². The molecule has 0 radical (unpaired) electrons. The maximum atomic E-state index is 11.6. The molecule has 0 spiro atoms. The first-order chi connectivity index (χ1) is 8.98. The second-order valence-corrected chi connectivity index (χ2v) is 4.13. The topological polar surface area (TPSA) is 88.5 Å². The summed E-state index contributed by atoms with van der Waals surface area (Å²) in [7, 11) is 0. The lowest BCUT2D eigenvalue weighted by Gasteiger charge is -2.28. The average Bonchev–Trinajstić information content (AvgIpc) is 2.36. The summed E-state index contributed by atoms with van der Waals surface area (Å²) < 4.78 is 4.80. The first kappa shape index (κ1) is 14.7. The summed E-state index contributed by atoms with van der Waals surface area (Å²) in [6.07, 6.45) is 1.95. The number of alkyl carbamates (subject to hydrolysis) is 1. The normalized spacial score (nSPS) is 13.1. The number of carbonyl (C=O) groups excluding carboxylic acids is 1. The summed E-state index contributed by atoms with van der Waals surface area (Å²) in [5.74, 6) is -1.04. The van der Waals surface area contributed by atoms with E-state index in [1.807, 2.05) is 0 Å². The summed E-state index contributed by atoms with van der Waals surface area (Å²) in [5.41, 5.74) is -0.682. The molecular formula is C13H16N2O4. The Morgan fingerprint density at radius 3 is 2.84 bits per heavy atom. The highest BCUT2D eigenvalue weighted by Crippen LogP contribution is 2.22. The lowest BCUT2D eigenvalue weighted by molar-refractivity contribution is -0.138. The van der Waals surface area contributed by atoms with Crippen LogP contribution in [0.5, 0.6) is 0 Å². The van der Waals surface area contributed by atoms with Gasteiger partial charge in [0.05, 0.1) is 17.7 Å². The van der Waals surface area contributed by atoms with Crippen LogP contribution in [-0.4, -0.2) is 28.8 Å². The minimum Gasteiger partial charge on any atom is -0.481 e. The van der Waals surface area contributed by atoms with Crippen molar-refractivity contribution in [2.75, 3.05) is 6.61 Å². The number of amides is 1. The molecule has 0 aliphatic rings. The molecule has 19 heavy (non-hydrogen) atoms. The number of carboxylic acid groups (broad SMARTS) is 1. The van der Waals surface area contributed by atoms with Crippen molar-refractivity contribution in [3.8, 4) is 0 Å². The number of pyridine rings is 1. The predicted octanol–water partition coefficient (Wildman–Crippen LogP) is 1.68. The first-order valence-corrected chi connectivity index (χ1v) is 5.67. The number of carboxylic acids is 1. The van der Waals surface area contributed by atoms with E-state index < -0.39 is 17.6 Å². The average molecular weight is 264 g/mol. The lowest BCUT2D eigenvalue weighted by atomic mass is 9.93. The summed E-state index contributed by atoms with van der Waals surface area (Å²) in [5, 5.41) is 11.5. The van der Waals surface area contributed by atoms with E-state index in [2.05, 4.69) is 16.9 Å². The molecule has 0 aliphatic carbocycles. The van der Waals surface area contributed by atoms with Crippen molar-refractivity contribution in [3.63, 3.8) is 0 Å². The van der Waals surface area contributed by atoms with Crippen molar-refractivity contribution >= 4 is 12.1 Å². The van der Waals surface area contributed by atoms with Gasteiger partial charge in [0.1, 0.15) is 6.61 Å². The molecule has 0 saturated carbocycles. The molecule has 0 bridgehead atoms. The van der Waals surface area contributed by atoms with E-state index in [1.54, 1.807) is 25.1 Å². The number of hydrogen-bond donors (Lipinski definition) is 2. The molecule has 2 N–H and O–H groups in total. The Morgan fingerprint density at radius 1 is 1.58 bits per heavy atom. The number of nitrogens with zero attached hydrogens (tertiary/aromatic N) is 1.